The maximum absolute atomic E-state index is 14.5. The van der Waals surface area contributed by atoms with E-state index in [1.54, 1.807) is 34.0 Å². The number of carbonyl (C=O) groups excluding carboxylic acids is 11. The SMILES string of the molecule is CC[C@H](C)[C@H](NC(=O)[C@H](CCC(=O)O)NC(=O)[C@H](CC(C)C)NC(=O)[C@@H](N)CCCCN)C(=O)N[C@@H](CCSC)C(=O)N[C@@H](CCCN=C(N)N)C(=O)N[C@@H](CCC(N)=O)C(=O)N[C@@H](CCCCN)C(=O)N[C@@H](CCCCN)C(=O)N[C@@H](CCC(N)=O)C(=O)O. The molecule has 0 spiro atoms. The number of nitrogens with two attached hydrogens (primary N) is 8. The largest absolute Gasteiger partial charge is 0.481 e. The molecule has 0 fully saturated rings. The van der Waals surface area contributed by atoms with Crippen molar-refractivity contribution in [1.82, 2.24) is 47.9 Å². The minimum atomic E-state index is -1.62. The molecule has 33 nitrogen and oxygen atoms in total. The van der Waals surface area contributed by atoms with Crippen molar-refractivity contribution < 1.29 is 72.5 Å². The molecule has 0 aromatic carbocycles. The summed E-state index contributed by atoms with van der Waals surface area (Å²) in [5.74, 6) is -13.2. The number of aliphatic carboxylic acids is 2. The zero-order chi connectivity index (χ0) is 68.5. The molecule has 0 aliphatic carbocycles. The van der Waals surface area contributed by atoms with Crippen LogP contribution in [0.25, 0.3) is 0 Å². The monoisotopic (exact) mass is 1300 g/mol. The molecule has 0 saturated carbocycles. The Hall–Kier alpha value is -7.43. The summed E-state index contributed by atoms with van der Waals surface area (Å²) in [5, 5.41) is 42.5. The molecule has 0 unspecified atom stereocenters. The van der Waals surface area contributed by atoms with Gasteiger partial charge in [-0.05, 0) is 140 Å². The van der Waals surface area contributed by atoms with Crippen molar-refractivity contribution in [3.63, 3.8) is 0 Å². The van der Waals surface area contributed by atoms with Gasteiger partial charge < -0.3 is 104 Å². The number of aliphatic imine (C=N–C) groups is 1. The van der Waals surface area contributed by atoms with E-state index in [1.807, 2.05) is 0 Å². The van der Waals surface area contributed by atoms with Crippen LogP contribution in [0.4, 0.5) is 0 Å². The third-order valence-corrected chi connectivity index (χ3v) is 15.0. The van der Waals surface area contributed by atoms with Gasteiger partial charge in [0.15, 0.2) is 5.96 Å². The predicted octanol–water partition coefficient (Wildman–Crippen LogP) is -4.56. The maximum Gasteiger partial charge on any atom is 0.326 e. The van der Waals surface area contributed by atoms with Crippen LogP contribution in [0.1, 0.15) is 156 Å². The minimum Gasteiger partial charge on any atom is -0.481 e. The van der Waals surface area contributed by atoms with E-state index in [0.29, 0.717) is 38.6 Å². The number of guanidine groups is 1. The first-order chi connectivity index (χ1) is 42.5. The smallest absolute Gasteiger partial charge is 0.326 e. The summed E-state index contributed by atoms with van der Waals surface area (Å²) in [4.78, 5) is 178. The highest BCUT2D eigenvalue weighted by Crippen LogP contribution is 2.15. The van der Waals surface area contributed by atoms with Gasteiger partial charge in [-0.15, -0.1) is 0 Å². The van der Waals surface area contributed by atoms with Gasteiger partial charge in [-0.1, -0.05) is 40.5 Å². The van der Waals surface area contributed by atoms with Gasteiger partial charge in [0.25, 0.3) is 0 Å². The number of primary amides is 2. The first-order valence-corrected chi connectivity index (χ1v) is 32.0. The zero-order valence-electron chi connectivity index (χ0n) is 52.8. The van der Waals surface area contributed by atoms with E-state index in [-0.39, 0.29) is 108 Å². The number of hydrogen-bond acceptors (Lipinski definition) is 19. The molecule has 514 valence electrons. The van der Waals surface area contributed by atoms with Crippen LogP contribution in [0.2, 0.25) is 0 Å². The number of carbonyl (C=O) groups is 13. The lowest BCUT2D eigenvalue weighted by Crippen LogP contribution is -2.61. The van der Waals surface area contributed by atoms with Crippen LogP contribution in [0, 0.1) is 11.8 Å². The van der Waals surface area contributed by atoms with Gasteiger partial charge in [0.2, 0.25) is 65.0 Å². The highest BCUT2D eigenvalue weighted by atomic mass is 32.2. The molecule has 11 amide bonds. The van der Waals surface area contributed by atoms with Crippen LogP contribution in [0.15, 0.2) is 4.99 Å². The van der Waals surface area contributed by atoms with Crippen molar-refractivity contribution in [2.24, 2.45) is 62.7 Å². The fraction of sp³-hybridized carbons (Fsp3) is 0.750. The lowest BCUT2D eigenvalue weighted by molar-refractivity contribution is -0.143. The zero-order valence-corrected chi connectivity index (χ0v) is 53.6. The summed E-state index contributed by atoms with van der Waals surface area (Å²) in [6.07, 6.45) is 2.00. The molecule has 0 saturated heterocycles. The average molecular weight is 1300 g/mol. The van der Waals surface area contributed by atoms with Gasteiger partial charge >= 0.3 is 11.9 Å². The number of nitrogens with one attached hydrogen (secondary N) is 9. The Bertz CT molecular complexity index is 2350. The lowest BCUT2D eigenvalue weighted by atomic mass is 9.96. The summed E-state index contributed by atoms with van der Waals surface area (Å²) in [6.45, 7) is 7.70. The van der Waals surface area contributed by atoms with Crippen molar-refractivity contribution in [3.8, 4) is 0 Å². The Morgan fingerprint density at radius 3 is 1.18 bits per heavy atom. The molecule has 0 rings (SSSR count). The van der Waals surface area contributed by atoms with Crippen LogP contribution >= 0.6 is 11.8 Å². The van der Waals surface area contributed by atoms with Crippen molar-refractivity contribution in [3.05, 3.63) is 0 Å². The Kier molecular flexibility index (Phi) is 42.8. The number of unbranched alkanes of at least 4 members (excludes halogenated alkanes) is 3. The van der Waals surface area contributed by atoms with Crippen LogP contribution in [0.5, 0.6) is 0 Å². The molecular weight excluding hydrogens is 1200 g/mol. The number of thioether (sulfide) groups is 1. The first-order valence-electron chi connectivity index (χ1n) is 30.6. The second-order valence-corrected chi connectivity index (χ2v) is 23.4. The highest BCUT2D eigenvalue weighted by molar-refractivity contribution is 7.98. The number of rotatable bonds is 51. The molecule has 90 heavy (non-hydrogen) atoms. The predicted molar refractivity (Wildman–Crippen MR) is 337 cm³/mol. The summed E-state index contributed by atoms with van der Waals surface area (Å²) in [7, 11) is 0. The number of amides is 11. The minimum absolute atomic E-state index is 0.0284. The molecular formula is C56H104N18O15S. The molecule has 0 heterocycles. The second-order valence-electron chi connectivity index (χ2n) is 22.5. The number of hydrogen-bond donors (Lipinski definition) is 19. The Labute approximate surface area is 530 Å². The number of nitrogens with zero attached hydrogens (tertiary/aromatic N) is 1. The molecule has 0 radical (unpaired) electrons. The van der Waals surface area contributed by atoms with E-state index < -0.39 is 169 Å². The van der Waals surface area contributed by atoms with E-state index in [4.69, 9.17) is 45.9 Å². The summed E-state index contributed by atoms with van der Waals surface area (Å²) in [6, 6.07) is -14.0. The molecule has 0 aliphatic heterocycles. The Morgan fingerprint density at radius 2 is 0.789 bits per heavy atom. The lowest BCUT2D eigenvalue weighted by Gasteiger charge is -2.30. The summed E-state index contributed by atoms with van der Waals surface area (Å²) in [5.41, 5.74) is 44.9. The fourth-order valence-corrected chi connectivity index (χ4v) is 9.38. The summed E-state index contributed by atoms with van der Waals surface area (Å²) < 4.78 is 0. The molecule has 0 aromatic heterocycles. The van der Waals surface area contributed by atoms with Crippen molar-refractivity contribution >= 4 is 94.6 Å². The molecule has 27 N–H and O–H groups in total. The van der Waals surface area contributed by atoms with Crippen LogP contribution < -0.4 is 93.7 Å². The van der Waals surface area contributed by atoms with Gasteiger partial charge in [0.1, 0.15) is 54.4 Å². The Morgan fingerprint density at radius 1 is 0.433 bits per heavy atom. The van der Waals surface area contributed by atoms with Gasteiger partial charge in [-0.2, -0.15) is 11.8 Å². The maximum atomic E-state index is 14.5. The van der Waals surface area contributed by atoms with Crippen molar-refractivity contribution in [2.75, 3.05) is 38.2 Å². The van der Waals surface area contributed by atoms with Crippen LogP contribution in [-0.4, -0.2) is 192 Å². The van der Waals surface area contributed by atoms with Crippen molar-refractivity contribution in [1.29, 1.82) is 0 Å². The molecule has 0 aliphatic rings. The van der Waals surface area contributed by atoms with E-state index in [0.717, 1.165) is 0 Å². The summed E-state index contributed by atoms with van der Waals surface area (Å²) >= 11 is 1.31. The third kappa shape index (κ3) is 35.7. The average Bonchev–Trinajstić information content (AvgIpc) is 1.51. The quantitative estimate of drug-likeness (QED) is 0.0155. The molecule has 11 atom stereocenters. The van der Waals surface area contributed by atoms with Gasteiger partial charge in [-0.25, -0.2) is 4.79 Å². The standard InChI is InChI=1S/C56H104N18O15S/c1-6-32(4)45(74-52(85)38(20-23-44(77)78)70-53(86)41(30-31(2)3)73-46(79)33(60)14-7-10-25-57)54(87)71-39(24-29-90-5)51(84)68-36(17-13-28-65-56(63)64)48(81)69-37(18-21-42(61)75)50(83)67-34(15-8-11-26-58)47(80)66-35(16-9-12-27-59)49(82)72-40(55(88)89)19-22-43(62)76/h31-41,45H,6-30,57-60H2,1-5H3,(H2,61,75)(H2,62,76)(H,66,80)(H,67,83)(H,68,84)(H,69,81)(H,70,86)(H,71,87)(H,72,82)(H,73,79)(H,74,85)(H,77,78)(H,88,89)(H4,63,64,65)/t32-,33-,34-,35-,36-,37-,38-,39-,40-,41-,45-/m0/s1. The second kappa shape index (κ2) is 46.6. The topological polar surface area (TPSA) is 591 Å². The molecule has 0 bridgehead atoms. The van der Waals surface area contributed by atoms with Crippen molar-refractivity contribution in [2.45, 2.75) is 217 Å². The first kappa shape index (κ1) is 82.6. The van der Waals surface area contributed by atoms with Gasteiger partial charge in [0, 0.05) is 25.8 Å². The normalized spacial score (nSPS) is 14.8. The highest BCUT2D eigenvalue weighted by Gasteiger charge is 2.37. The van der Waals surface area contributed by atoms with Gasteiger partial charge in [0.05, 0.1) is 6.04 Å². The third-order valence-electron chi connectivity index (χ3n) is 14.3. The van der Waals surface area contributed by atoms with Crippen LogP contribution in [0.3, 0.4) is 0 Å². The number of carboxylic acids is 2. The van der Waals surface area contributed by atoms with Gasteiger partial charge in [-0.3, -0.25) is 62.5 Å². The molecule has 34 heteroatoms. The Balaban J connectivity index is 7.18. The van der Waals surface area contributed by atoms with E-state index >= 15 is 0 Å². The molecule has 0 aromatic rings. The number of carboxylic acid groups (broad SMARTS) is 2. The van der Waals surface area contributed by atoms with E-state index in [1.165, 1.54) is 11.8 Å². The van der Waals surface area contributed by atoms with E-state index in [9.17, 15) is 72.5 Å². The van der Waals surface area contributed by atoms with E-state index in [2.05, 4.69) is 52.8 Å². The fourth-order valence-electron chi connectivity index (χ4n) is 8.91. The van der Waals surface area contributed by atoms with Crippen LogP contribution in [-0.2, 0) is 62.3 Å².